The van der Waals surface area contributed by atoms with Crippen molar-refractivity contribution < 1.29 is 9.53 Å². The van der Waals surface area contributed by atoms with Gasteiger partial charge in [-0.15, -0.1) is 0 Å². The highest BCUT2D eigenvalue weighted by Crippen LogP contribution is 2.24. The highest BCUT2D eigenvalue weighted by atomic mass is 16.5. The Labute approximate surface area is 129 Å². The Kier molecular flexibility index (Phi) is 4.09. The average molecular weight is 297 g/mol. The van der Waals surface area contributed by atoms with Gasteiger partial charge in [0.15, 0.2) is 0 Å². The molecular weight excluding hydrogens is 278 g/mol. The van der Waals surface area contributed by atoms with Crippen LogP contribution in [0.2, 0.25) is 0 Å². The topological polar surface area (TPSA) is 48.3 Å². The molecule has 1 heterocycles. The standard InChI is InChI=1S/C18H19NO3/c1-22-18(21)15-8-7-14-9-10-19(17(20)16(14)11-15)12-13-5-3-2-4-6-13/h2-6,9-10,15H,7-8,11-12H2,1H3. The minimum Gasteiger partial charge on any atom is -0.469 e. The SMILES string of the molecule is COC(=O)C1CCc2ccn(Cc3ccccc3)c(=O)c2C1. The quantitative estimate of drug-likeness (QED) is 0.816. The van der Waals surface area contributed by atoms with Crippen LogP contribution in [0.1, 0.15) is 23.1 Å². The minimum absolute atomic E-state index is 0.00922. The van der Waals surface area contributed by atoms with Gasteiger partial charge in [0, 0.05) is 11.8 Å². The van der Waals surface area contributed by atoms with E-state index in [9.17, 15) is 9.59 Å². The van der Waals surface area contributed by atoms with Gasteiger partial charge in [-0.3, -0.25) is 9.59 Å². The second-order valence-corrected chi connectivity index (χ2v) is 5.70. The second kappa shape index (κ2) is 6.18. The lowest BCUT2D eigenvalue weighted by molar-refractivity contribution is -0.145. The summed E-state index contributed by atoms with van der Waals surface area (Å²) >= 11 is 0. The molecule has 1 atom stereocenters. The van der Waals surface area contributed by atoms with Crippen molar-refractivity contribution in [2.24, 2.45) is 5.92 Å². The van der Waals surface area contributed by atoms with Crippen molar-refractivity contribution in [2.75, 3.05) is 7.11 Å². The van der Waals surface area contributed by atoms with E-state index in [1.807, 2.05) is 42.6 Å². The van der Waals surface area contributed by atoms with Crippen LogP contribution in [-0.2, 0) is 28.9 Å². The molecule has 4 heteroatoms. The molecule has 2 aromatic rings. The lowest BCUT2D eigenvalue weighted by Crippen LogP contribution is -2.32. The highest BCUT2D eigenvalue weighted by Gasteiger charge is 2.27. The third-order valence-corrected chi connectivity index (χ3v) is 4.31. The molecule has 0 bridgehead atoms. The summed E-state index contributed by atoms with van der Waals surface area (Å²) in [5, 5.41) is 0. The van der Waals surface area contributed by atoms with Gasteiger partial charge in [0.2, 0.25) is 0 Å². The van der Waals surface area contributed by atoms with Crippen LogP contribution in [0.4, 0.5) is 0 Å². The van der Waals surface area contributed by atoms with Gasteiger partial charge in [-0.2, -0.15) is 0 Å². The lowest BCUT2D eigenvalue weighted by Gasteiger charge is -2.23. The second-order valence-electron chi connectivity index (χ2n) is 5.70. The minimum atomic E-state index is -0.219. The van der Waals surface area contributed by atoms with Crippen molar-refractivity contribution in [3.8, 4) is 0 Å². The van der Waals surface area contributed by atoms with E-state index in [4.69, 9.17) is 4.74 Å². The maximum atomic E-state index is 12.7. The first-order valence-corrected chi connectivity index (χ1v) is 7.52. The number of aryl methyl sites for hydroxylation is 1. The van der Waals surface area contributed by atoms with Gasteiger partial charge in [-0.05, 0) is 36.5 Å². The largest absolute Gasteiger partial charge is 0.469 e. The van der Waals surface area contributed by atoms with Gasteiger partial charge in [0.25, 0.3) is 5.56 Å². The maximum Gasteiger partial charge on any atom is 0.309 e. The summed E-state index contributed by atoms with van der Waals surface area (Å²) in [5.74, 6) is -0.415. The number of ether oxygens (including phenoxy) is 1. The number of pyridine rings is 1. The smallest absolute Gasteiger partial charge is 0.309 e. The molecule has 0 N–H and O–H groups in total. The summed E-state index contributed by atoms with van der Waals surface area (Å²) in [5.41, 5.74) is 2.93. The number of carbonyl (C=O) groups is 1. The molecule has 1 aliphatic carbocycles. The molecule has 0 spiro atoms. The first-order valence-electron chi connectivity index (χ1n) is 7.52. The summed E-state index contributed by atoms with van der Waals surface area (Å²) in [7, 11) is 1.40. The van der Waals surface area contributed by atoms with Crippen LogP contribution in [0.3, 0.4) is 0 Å². The Hall–Kier alpha value is -2.36. The molecule has 114 valence electrons. The molecule has 1 aliphatic rings. The Balaban J connectivity index is 1.90. The number of carbonyl (C=O) groups excluding carboxylic acids is 1. The van der Waals surface area contributed by atoms with E-state index in [0.29, 0.717) is 13.0 Å². The molecule has 0 amide bonds. The number of fused-ring (bicyclic) bond motifs is 1. The Morgan fingerprint density at radius 2 is 2.05 bits per heavy atom. The molecule has 0 fully saturated rings. The fourth-order valence-electron chi connectivity index (χ4n) is 3.06. The normalized spacial score (nSPS) is 16.9. The first kappa shape index (κ1) is 14.6. The number of methoxy groups -OCH3 is 1. The molecule has 4 nitrogen and oxygen atoms in total. The van der Waals surface area contributed by atoms with Gasteiger partial charge in [-0.1, -0.05) is 30.3 Å². The monoisotopic (exact) mass is 297 g/mol. The Bertz CT molecular complexity index is 734. The van der Waals surface area contributed by atoms with Crippen molar-refractivity contribution in [1.29, 1.82) is 0 Å². The maximum absolute atomic E-state index is 12.7. The number of esters is 1. The van der Waals surface area contributed by atoms with Crippen molar-refractivity contribution in [3.05, 3.63) is 69.6 Å². The summed E-state index contributed by atoms with van der Waals surface area (Å²) in [6, 6.07) is 11.9. The first-order chi connectivity index (χ1) is 10.7. The van der Waals surface area contributed by atoms with Crippen LogP contribution < -0.4 is 5.56 Å². The third kappa shape index (κ3) is 2.82. The van der Waals surface area contributed by atoms with Crippen LogP contribution in [0.5, 0.6) is 0 Å². The predicted molar refractivity (Wildman–Crippen MR) is 83.8 cm³/mol. The van der Waals surface area contributed by atoms with Crippen LogP contribution >= 0.6 is 0 Å². The predicted octanol–water partition coefficient (Wildman–Crippen LogP) is 2.17. The summed E-state index contributed by atoms with van der Waals surface area (Å²) in [4.78, 5) is 24.4. The third-order valence-electron chi connectivity index (χ3n) is 4.31. The average Bonchev–Trinajstić information content (AvgIpc) is 2.57. The van der Waals surface area contributed by atoms with Crippen molar-refractivity contribution >= 4 is 5.97 Å². The molecule has 1 aromatic heterocycles. The van der Waals surface area contributed by atoms with E-state index in [-0.39, 0.29) is 17.4 Å². The van der Waals surface area contributed by atoms with Gasteiger partial charge in [0.05, 0.1) is 19.6 Å². The summed E-state index contributed by atoms with van der Waals surface area (Å²) < 4.78 is 6.54. The van der Waals surface area contributed by atoms with E-state index in [1.165, 1.54) is 7.11 Å². The lowest BCUT2D eigenvalue weighted by atomic mass is 9.85. The van der Waals surface area contributed by atoms with Crippen molar-refractivity contribution in [1.82, 2.24) is 4.57 Å². The molecule has 22 heavy (non-hydrogen) atoms. The number of aromatic nitrogens is 1. The van der Waals surface area contributed by atoms with Crippen molar-refractivity contribution in [3.63, 3.8) is 0 Å². The van der Waals surface area contributed by atoms with Crippen LogP contribution in [0.25, 0.3) is 0 Å². The molecule has 0 saturated carbocycles. The fraction of sp³-hybridized carbons (Fsp3) is 0.333. The molecular formula is C18H19NO3. The van der Waals surface area contributed by atoms with Crippen molar-refractivity contribution in [2.45, 2.75) is 25.8 Å². The Morgan fingerprint density at radius 3 is 2.77 bits per heavy atom. The fourth-order valence-corrected chi connectivity index (χ4v) is 3.06. The summed E-state index contributed by atoms with van der Waals surface area (Å²) in [6.07, 6.45) is 3.85. The molecule has 0 saturated heterocycles. The number of rotatable bonds is 3. The summed E-state index contributed by atoms with van der Waals surface area (Å²) in [6.45, 7) is 0.551. The molecule has 0 radical (unpaired) electrons. The van der Waals surface area contributed by atoms with E-state index in [0.717, 1.165) is 29.5 Å². The van der Waals surface area contributed by atoms with Gasteiger partial charge >= 0.3 is 5.97 Å². The van der Waals surface area contributed by atoms with E-state index < -0.39 is 0 Å². The van der Waals surface area contributed by atoms with Gasteiger partial charge < -0.3 is 9.30 Å². The van der Waals surface area contributed by atoms with Crippen LogP contribution in [-0.4, -0.2) is 17.6 Å². The van der Waals surface area contributed by atoms with E-state index in [1.54, 1.807) is 4.57 Å². The molecule has 3 rings (SSSR count). The van der Waals surface area contributed by atoms with E-state index in [2.05, 4.69) is 0 Å². The Morgan fingerprint density at radius 1 is 1.27 bits per heavy atom. The molecule has 0 aliphatic heterocycles. The molecule has 1 unspecified atom stereocenters. The highest BCUT2D eigenvalue weighted by molar-refractivity contribution is 5.73. The van der Waals surface area contributed by atoms with Gasteiger partial charge in [-0.25, -0.2) is 0 Å². The zero-order valence-corrected chi connectivity index (χ0v) is 12.6. The van der Waals surface area contributed by atoms with E-state index >= 15 is 0 Å². The van der Waals surface area contributed by atoms with Crippen LogP contribution in [0.15, 0.2) is 47.4 Å². The van der Waals surface area contributed by atoms with Crippen LogP contribution in [0, 0.1) is 5.92 Å². The number of nitrogens with zero attached hydrogens (tertiary/aromatic N) is 1. The number of hydrogen-bond acceptors (Lipinski definition) is 3. The number of hydrogen-bond donors (Lipinski definition) is 0. The zero-order valence-electron chi connectivity index (χ0n) is 12.6. The van der Waals surface area contributed by atoms with Gasteiger partial charge in [0.1, 0.15) is 0 Å². The zero-order chi connectivity index (χ0) is 15.5. The molecule has 1 aromatic carbocycles. The number of benzene rings is 1.